The molecule has 1 aliphatic carbocycles. The fraction of sp³-hybridized carbons (Fsp3) is 0.468. The summed E-state index contributed by atoms with van der Waals surface area (Å²) in [4.78, 5) is 85.7. The molecule has 2 aromatic heterocycles. The molecule has 2 aromatic carbocycles. The molecule has 9 rings (SSSR count). The summed E-state index contributed by atoms with van der Waals surface area (Å²) >= 11 is 0. The van der Waals surface area contributed by atoms with E-state index < -0.39 is 40.5 Å². The zero-order valence-corrected chi connectivity index (χ0v) is 36.1. The standard InChI is InChI=1S/C47H52N10O6/c1-46(2)43(47(3,4)44(46)63-36-11-7-29(25-48)38-33(36)6-5-16-49-38)53-39(59)30-26-50-45(51-27-30)56-18-14-28(15-19-56)13-17-54-20-22-55(23-21-54)31-8-9-32-34(24-31)42(62)57(41(32)61)35-10-12-37(58)52-40(35)60/h5-9,11,16,24,26-28,35,43-44H,10,12-15,17-23H2,1-4H3,(H,53,59)(H,52,58,60)/t35?,43-,44-. The van der Waals surface area contributed by atoms with Crippen LogP contribution in [0, 0.1) is 28.1 Å². The van der Waals surface area contributed by atoms with Crippen molar-refractivity contribution in [3.05, 3.63) is 83.3 Å². The fourth-order valence-electron chi connectivity index (χ4n) is 10.8. The van der Waals surface area contributed by atoms with Crippen LogP contribution in [-0.2, 0) is 9.59 Å². The van der Waals surface area contributed by atoms with E-state index in [1.54, 1.807) is 36.8 Å². The number of pyridine rings is 1. The summed E-state index contributed by atoms with van der Waals surface area (Å²) < 4.78 is 6.64. The molecule has 63 heavy (non-hydrogen) atoms. The smallest absolute Gasteiger partial charge is 0.262 e. The first-order valence-electron chi connectivity index (χ1n) is 21.9. The molecule has 0 bridgehead atoms. The molecule has 5 aliphatic rings. The van der Waals surface area contributed by atoms with Crippen molar-refractivity contribution in [3.8, 4) is 11.8 Å². The number of nitriles is 1. The molecular weight excluding hydrogens is 801 g/mol. The van der Waals surface area contributed by atoms with Crippen LogP contribution in [0.25, 0.3) is 10.9 Å². The van der Waals surface area contributed by atoms with E-state index in [1.807, 2.05) is 24.3 Å². The van der Waals surface area contributed by atoms with E-state index >= 15 is 0 Å². The van der Waals surface area contributed by atoms with Gasteiger partial charge in [-0.2, -0.15) is 5.26 Å². The monoisotopic (exact) mass is 852 g/mol. The Labute approximate surface area is 366 Å². The lowest BCUT2D eigenvalue weighted by molar-refractivity contribution is -0.163. The van der Waals surface area contributed by atoms with Crippen LogP contribution in [0.4, 0.5) is 11.6 Å². The van der Waals surface area contributed by atoms with E-state index in [0.29, 0.717) is 39.8 Å². The summed E-state index contributed by atoms with van der Waals surface area (Å²) in [5.41, 5.74) is 2.18. The Morgan fingerprint density at radius 2 is 1.59 bits per heavy atom. The van der Waals surface area contributed by atoms with E-state index in [2.05, 4.69) is 74.0 Å². The number of nitrogens with zero attached hydrogens (tertiary/aromatic N) is 8. The van der Waals surface area contributed by atoms with Gasteiger partial charge >= 0.3 is 0 Å². The maximum absolute atomic E-state index is 13.6. The number of ether oxygens (including phenoxy) is 1. The minimum atomic E-state index is -0.978. The van der Waals surface area contributed by atoms with Crippen molar-refractivity contribution in [3.63, 3.8) is 0 Å². The van der Waals surface area contributed by atoms with Crippen molar-refractivity contribution in [2.24, 2.45) is 16.7 Å². The lowest BCUT2D eigenvalue weighted by Gasteiger charge is -2.63. The molecule has 4 fully saturated rings. The predicted octanol–water partition coefficient (Wildman–Crippen LogP) is 4.34. The van der Waals surface area contributed by atoms with Crippen LogP contribution in [0.5, 0.6) is 5.75 Å². The largest absolute Gasteiger partial charge is 0.488 e. The zero-order valence-electron chi connectivity index (χ0n) is 36.1. The van der Waals surface area contributed by atoms with Crippen LogP contribution in [0.1, 0.15) is 96.4 Å². The van der Waals surface area contributed by atoms with E-state index in [-0.39, 0.29) is 36.5 Å². The van der Waals surface area contributed by atoms with Crippen LogP contribution in [0.3, 0.4) is 0 Å². The van der Waals surface area contributed by atoms with Crippen molar-refractivity contribution in [1.82, 2.24) is 35.4 Å². The highest BCUT2D eigenvalue weighted by molar-refractivity contribution is 6.23. The van der Waals surface area contributed by atoms with Gasteiger partial charge in [-0.05, 0) is 80.6 Å². The summed E-state index contributed by atoms with van der Waals surface area (Å²) in [5, 5.41) is 15.8. The molecule has 4 aromatic rings. The normalized spacial score (nSPS) is 23.5. The van der Waals surface area contributed by atoms with Gasteiger partial charge in [-0.15, -0.1) is 0 Å². The highest BCUT2D eigenvalue weighted by atomic mass is 16.5. The number of benzene rings is 2. The molecule has 4 aliphatic heterocycles. The third kappa shape index (κ3) is 7.62. The maximum Gasteiger partial charge on any atom is 0.262 e. The number of hydrogen-bond donors (Lipinski definition) is 2. The summed E-state index contributed by atoms with van der Waals surface area (Å²) in [6.07, 6.45) is 8.07. The summed E-state index contributed by atoms with van der Waals surface area (Å²) in [6.45, 7) is 14.4. The molecule has 6 heterocycles. The molecule has 3 saturated heterocycles. The van der Waals surface area contributed by atoms with Gasteiger partial charge in [0.05, 0.1) is 27.8 Å². The topological polar surface area (TPSA) is 194 Å². The number of carbonyl (C=O) groups is 5. The highest BCUT2D eigenvalue weighted by Gasteiger charge is 2.64. The van der Waals surface area contributed by atoms with Crippen molar-refractivity contribution in [2.45, 2.75) is 78.0 Å². The van der Waals surface area contributed by atoms with Crippen molar-refractivity contribution >= 4 is 52.1 Å². The molecule has 326 valence electrons. The summed E-state index contributed by atoms with van der Waals surface area (Å²) in [6, 6.07) is 13.7. The van der Waals surface area contributed by atoms with Crippen LogP contribution >= 0.6 is 0 Å². The maximum atomic E-state index is 13.6. The molecule has 2 N–H and O–H groups in total. The van der Waals surface area contributed by atoms with Crippen LogP contribution in [0.2, 0.25) is 0 Å². The third-order valence-electron chi connectivity index (χ3n) is 14.0. The minimum absolute atomic E-state index is 0.0878. The van der Waals surface area contributed by atoms with Gasteiger partial charge in [-0.3, -0.25) is 44.1 Å². The number of carbonyl (C=O) groups excluding carboxylic acids is 5. The molecule has 1 unspecified atom stereocenters. The van der Waals surface area contributed by atoms with Gasteiger partial charge in [0.25, 0.3) is 17.7 Å². The quantitative estimate of drug-likeness (QED) is 0.214. The van der Waals surface area contributed by atoms with Gasteiger partial charge in [-0.1, -0.05) is 27.7 Å². The van der Waals surface area contributed by atoms with Crippen LogP contribution in [0.15, 0.2) is 61.1 Å². The molecule has 16 heteroatoms. The number of hydrogen-bond acceptors (Lipinski definition) is 13. The van der Waals surface area contributed by atoms with Crippen molar-refractivity contribution < 1.29 is 28.7 Å². The number of rotatable bonds is 10. The van der Waals surface area contributed by atoms with Crippen LogP contribution in [-0.4, -0.2) is 118 Å². The molecular formula is C47H52N10O6. The lowest BCUT2D eigenvalue weighted by Crippen LogP contribution is -2.74. The summed E-state index contributed by atoms with van der Waals surface area (Å²) in [5.74, 6) is -0.336. The van der Waals surface area contributed by atoms with Crippen molar-refractivity contribution in [2.75, 3.05) is 55.6 Å². The average Bonchev–Trinajstić information content (AvgIpc) is 3.54. The van der Waals surface area contributed by atoms with Gasteiger partial charge in [0.2, 0.25) is 17.8 Å². The Bertz CT molecular complexity index is 2520. The van der Waals surface area contributed by atoms with Crippen LogP contribution < -0.4 is 25.2 Å². The van der Waals surface area contributed by atoms with Gasteiger partial charge in [0.1, 0.15) is 24.0 Å². The predicted molar refractivity (Wildman–Crippen MR) is 233 cm³/mol. The number of anilines is 2. The number of imide groups is 2. The second-order valence-electron chi connectivity index (χ2n) is 18.7. The highest BCUT2D eigenvalue weighted by Crippen LogP contribution is 2.56. The van der Waals surface area contributed by atoms with E-state index in [4.69, 9.17) is 4.74 Å². The second kappa shape index (κ2) is 16.3. The second-order valence-corrected chi connectivity index (χ2v) is 18.7. The average molecular weight is 853 g/mol. The molecule has 0 radical (unpaired) electrons. The number of amides is 5. The molecule has 0 spiro atoms. The Balaban J connectivity index is 0.721. The number of piperidine rings is 2. The first-order chi connectivity index (χ1) is 30.2. The molecule has 16 nitrogen and oxygen atoms in total. The third-order valence-corrected chi connectivity index (χ3v) is 14.0. The fourth-order valence-corrected chi connectivity index (χ4v) is 10.8. The SMILES string of the molecule is CC1(C)[C@H](NC(=O)c2cnc(N3CCC(CCN4CCN(c5ccc6c(c5)C(=O)N(C5CCC(=O)NC5=O)C6=O)CC4)CC3)nc2)C(C)(C)[C@H]1Oc1ccc(C#N)c2ncccc12. The first kappa shape index (κ1) is 41.9. The van der Waals surface area contributed by atoms with Crippen molar-refractivity contribution in [1.29, 1.82) is 5.26 Å². The van der Waals surface area contributed by atoms with Gasteiger partial charge in [0.15, 0.2) is 0 Å². The number of nitrogens with one attached hydrogen (secondary N) is 2. The first-order valence-corrected chi connectivity index (χ1v) is 21.9. The van der Waals surface area contributed by atoms with Gasteiger partial charge < -0.3 is 19.9 Å². The van der Waals surface area contributed by atoms with E-state index in [1.165, 1.54) is 0 Å². The summed E-state index contributed by atoms with van der Waals surface area (Å²) in [7, 11) is 0. The van der Waals surface area contributed by atoms with E-state index in [9.17, 15) is 29.2 Å². The number of aromatic nitrogens is 3. The minimum Gasteiger partial charge on any atom is -0.488 e. The number of piperazine rings is 1. The Morgan fingerprint density at radius 3 is 2.29 bits per heavy atom. The Kier molecular flexibility index (Phi) is 10.9. The number of fused-ring (bicyclic) bond motifs is 2. The molecule has 1 saturated carbocycles. The van der Waals surface area contributed by atoms with E-state index in [0.717, 1.165) is 81.0 Å². The molecule has 5 amide bonds. The Hall–Kier alpha value is -6.47. The Morgan fingerprint density at radius 1 is 0.873 bits per heavy atom. The molecule has 1 atom stereocenters. The lowest BCUT2D eigenvalue weighted by atomic mass is 9.49. The van der Waals surface area contributed by atoms with Gasteiger partial charge in [-0.25, -0.2) is 9.97 Å². The zero-order chi connectivity index (χ0) is 44.2. The van der Waals surface area contributed by atoms with Gasteiger partial charge in [0, 0.05) is 92.2 Å².